The van der Waals surface area contributed by atoms with E-state index in [9.17, 15) is 4.79 Å². The zero-order chi connectivity index (χ0) is 11.6. The van der Waals surface area contributed by atoms with Gasteiger partial charge in [-0.05, 0) is 12.8 Å². The number of aryl methyl sites for hydroxylation is 1. The Balaban J connectivity index is 1.77. The third-order valence-electron chi connectivity index (χ3n) is 2.68. The van der Waals surface area contributed by atoms with Gasteiger partial charge in [0, 0.05) is 20.0 Å². The number of nitriles is 1. The fourth-order valence-corrected chi connectivity index (χ4v) is 1.47. The largest absolute Gasteiger partial charge is 0.354 e. The smallest absolute Gasteiger partial charge is 0.240 e. The van der Waals surface area contributed by atoms with Crippen molar-refractivity contribution in [2.24, 2.45) is 12.5 Å². The first-order valence-electron chi connectivity index (χ1n) is 5.20. The van der Waals surface area contributed by atoms with E-state index in [0.29, 0.717) is 31.6 Å². The van der Waals surface area contributed by atoms with E-state index in [1.165, 1.54) is 0 Å². The number of hydrogen-bond donors (Lipinski definition) is 1. The van der Waals surface area contributed by atoms with E-state index < -0.39 is 5.41 Å². The van der Waals surface area contributed by atoms with Crippen molar-refractivity contribution in [1.29, 1.82) is 5.26 Å². The molecule has 16 heavy (non-hydrogen) atoms. The first-order valence-corrected chi connectivity index (χ1v) is 5.20. The van der Waals surface area contributed by atoms with Gasteiger partial charge in [0.25, 0.3) is 0 Å². The Morgan fingerprint density at radius 1 is 1.75 bits per heavy atom. The van der Waals surface area contributed by atoms with E-state index in [1.54, 1.807) is 18.1 Å². The lowest BCUT2D eigenvalue weighted by atomic mass is 10.1. The SMILES string of the molecule is Cn1cnc(CCNC(=O)C2(C#N)CC2)n1. The van der Waals surface area contributed by atoms with Crippen LogP contribution in [-0.4, -0.2) is 27.2 Å². The van der Waals surface area contributed by atoms with Crippen LogP contribution in [0, 0.1) is 16.7 Å². The van der Waals surface area contributed by atoms with Crippen molar-refractivity contribution in [2.75, 3.05) is 6.54 Å². The molecule has 1 saturated carbocycles. The normalized spacial score (nSPS) is 16.5. The molecular formula is C10H13N5O. The van der Waals surface area contributed by atoms with E-state index in [2.05, 4.69) is 21.5 Å². The monoisotopic (exact) mass is 219 g/mol. The molecule has 0 aromatic carbocycles. The first-order chi connectivity index (χ1) is 7.66. The van der Waals surface area contributed by atoms with Crippen LogP contribution in [0.15, 0.2) is 6.33 Å². The summed E-state index contributed by atoms with van der Waals surface area (Å²) in [7, 11) is 1.80. The fraction of sp³-hybridized carbons (Fsp3) is 0.600. The molecule has 0 saturated heterocycles. The van der Waals surface area contributed by atoms with Crippen molar-refractivity contribution < 1.29 is 4.79 Å². The molecule has 0 atom stereocenters. The number of nitrogens with zero attached hydrogens (tertiary/aromatic N) is 4. The van der Waals surface area contributed by atoms with Crippen LogP contribution in [0.1, 0.15) is 18.7 Å². The van der Waals surface area contributed by atoms with Gasteiger partial charge >= 0.3 is 0 Å². The average Bonchev–Trinajstić information content (AvgIpc) is 2.98. The highest BCUT2D eigenvalue weighted by Crippen LogP contribution is 2.44. The predicted molar refractivity (Wildman–Crippen MR) is 55.0 cm³/mol. The molecule has 0 spiro atoms. The maximum atomic E-state index is 11.6. The number of amides is 1. The Hall–Kier alpha value is -1.90. The molecule has 1 fully saturated rings. The maximum absolute atomic E-state index is 11.6. The molecule has 84 valence electrons. The Kier molecular flexibility index (Phi) is 2.60. The number of aromatic nitrogens is 3. The number of nitrogens with one attached hydrogen (secondary N) is 1. The second-order valence-electron chi connectivity index (χ2n) is 4.03. The zero-order valence-electron chi connectivity index (χ0n) is 9.10. The van der Waals surface area contributed by atoms with Gasteiger partial charge in [0.2, 0.25) is 5.91 Å². The second kappa shape index (κ2) is 3.93. The van der Waals surface area contributed by atoms with Crippen LogP contribution in [0.5, 0.6) is 0 Å². The van der Waals surface area contributed by atoms with Crippen LogP contribution in [0.3, 0.4) is 0 Å². The van der Waals surface area contributed by atoms with Gasteiger partial charge in [0.15, 0.2) is 5.82 Å². The van der Waals surface area contributed by atoms with Crippen LogP contribution >= 0.6 is 0 Å². The third-order valence-corrected chi connectivity index (χ3v) is 2.68. The van der Waals surface area contributed by atoms with Crippen LogP contribution < -0.4 is 5.32 Å². The highest BCUT2D eigenvalue weighted by Gasteiger charge is 2.50. The van der Waals surface area contributed by atoms with E-state index in [4.69, 9.17) is 5.26 Å². The van der Waals surface area contributed by atoms with Crippen molar-refractivity contribution in [3.05, 3.63) is 12.2 Å². The number of hydrogen-bond acceptors (Lipinski definition) is 4. The minimum absolute atomic E-state index is 0.161. The van der Waals surface area contributed by atoms with Gasteiger partial charge in [-0.15, -0.1) is 0 Å². The molecule has 2 rings (SSSR count). The Morgan fingerprint density at radius 2 is 2.50 bits per heavy atom. The minimum Gasteiger partial charge on any atom is -0.354 e. The van der Waals surface area contributed by atoms with E-state index in [-0.39, 0.29) is 5.91 Å². The van der Waals surface area contributed by atoms with E-state index in [1.807, 2.05) is 0 Å². The van der Waals surface area contributed by atoms with Crippen molar-refractivity contribution >= 4 is 5.91 Å². The molecule has 6 heteroatoms. The molecule has 0 unspecified atom stereocenters. The molecule has 1 aliphatic rings. The van der Waals surface area contributed by atoms with E-state index >= 15 is 0 Å². The second-order valence-corrected chi connectivity index (χ2v) is 4.03. The van der Waals surface area contributed by atoms with Crippen molar-refractivity contribution in [3.63, 3.8) is 0 Å². The summed E-state index contributed by atoms with van der Waals surface area (Å²) in [5.74, 6) is 0.538. The van der Waals surface area contributed by atoms with Gasteiger partial charge in [-0.1, -0.05) is 0 Å². The van der Waals surface area contributed by atoms with E-state index in [0.717, 1.165) is 0 Å². The third kappa shape index (κ3) is 2.03. The van der Waals surface area contributed by atoms with Gasteiger partial charge in [-0.3, -0.25) is 9.48 Å². The Bertz CT molecular complexity index is 440. The van der Waals surface area contributed by atoms with Crippen molar-refractivity contribution in [3.8, 4) is 6.07 Å². The molecule has 1 amide bonds. The summed E-state index contributed by atoms with van der Waals surface area (Å²) >= 11 is 0. The lowest BCUT2D eigenvalue weighted by Crippen LogP contribution is -2.32. The summed E-state index contributed by atoms with van der Waals surface area (Å²) in [6.45, 7) is 0.478. The molecular weight excluding hydrogens is 206 g/mol. The van der Waals surface area contributed by atoms with Gasteiger partial charge in [-0.25, -0.2) is 4.98 Å². The summed E-state index contributed by atoms with van der Waals surface area (Å²) in [6.07, 6.45) is 3.57. The lowest BCUT2D eigenvalue weighted by Gasteiger charge is -2.06. The molecule has 1 N–H and O–H groups in total. The lowest BCUT2D eigenvalue weighted by molar-refractivity contribution is -0.124. The topological polar surface area (TPSA) is 83.6 Å². The fourth-order valence-electron chi connectivity index (χ4n) is 1.47. The van der Waals surface area contributed by atoms with Crippen LogP contribution in [0.2, 0.25) is 0 Å². The molecule has 0 radical (unpaired) electrons. The summed E-state index contributed by atoms with van der Waals surface area (Å²) in [4.78, 5) is 15.6. The first kappa shape index (κ1) is 10.6. The summed E-state index contributed by atoms with van der Waals surface area (Å²) in [5.41, 5.74) is -0.739. The van der Waals surface area contributed by atoms with Gasteiger partial charge in [-0.2, -0.15) is 10.4 Å². The Morgan fingerprint density at radius 3 is 3.00 bits per heavy atom. The van der Waals surface area contributed by atoms with Gasteiger partial charge in [0.05, 0.1) is 6.07 Å². The van der Waals surface area contributed by atoms with Crippen LogP contribution in [-0.2, 0) is 18.3 Å². The molecule has 1 aromatic heterocycles. The molecule has 1 heterocycles. The Labute approximate surface area is 93.3 Å². The maximum Gasteiger partial charge on any atom is 0.240 e. The average molecular weight is 219 g/mol. The van der Waals surface area contributed by atoms with Gasteiger partial charge < -0.3 is 5.32 Å². The summed E-state index contributed by atoms with van der Waals surface area (Å²) in [6, 6.07) is 2.06. The van der Waals surface area contributed by atoms with Crippen molar-refractivity contribution in [2.45, 2.75) is 19.3 Å². The van der Waals surface area contributed by atoms with Crippen LogP contribution in [0.4, 0.5) is 0 Å². The zero-order valence-corrected chi connectivity index (χ0v) is 9.10. The number of carbonyl (C=O) groups is 1. The number of carbonyl (C=O) groups excluding carboxylic acids is 1. The molecule has 1 aromatic rings. The summed E-state index contributed by atoms with van der Waals surface area (Å²) in [5, 5.41) is 15.6. The number of rotatable bonds is 4. The minimum atomic E-state index is -0.739. The molecule has 1 aliphatic carbocycles. The molecule has 0 bridgehead atoms. The molecule has 0 aliphatic heterocycles. The standard InChI is InChI=1S/C10H13N5O/c1-15-7-13-8(14-15)2-5-12-9(16)10(6-11)3-4-10/h7H,2-5H2,1H3,(H,12,16). The predicted octanol–water partition coefficient (Wildman–Crippen LogP) is -0.222. The highest BCUT2D eigenvalue weighted by molar-refractivity contribution is 5.88. The molecule has 6 nitrogen and oxygen atoms in total. The van der Waals surface area contributed by atoms with Crippen LogP contribution in [0.25, 0.3) is 0 Å². The highest BCUT2D eigenvalue weighted by atomic mass is 16.2. The quantitative estimate of drug-likeness (QED) is 0.758. The summed E-state index contributed by atoms with van der Waals surface area (Å²) < 4.78 is 1.62. The van der Waals surface area contributed by atoms with Gasteiger partial charge in [0.1, 0.15) is 11.7 Å². The van der Waals surface area contributed by atoms with Crippen molar-refractivity contribution in [1.82, 2.24) is 20.1 Å².